The Labute approximate surface area is 95.8 Å². The largest absolute Gasteiger partial charge is 0.382 e. The number of aromatic nitrogens is 1. The van der Waals surface area contributed by atoms with E-state index in [2.05, 4.69) is 4.98 Å². The van der Waals surface area contributed by atoms with Crippen LogP contribution in [0.4, 0.5) is 20.4 Å². The molecule has 0 aliphatic carbocycles. The van der Waals surface area contributed by atoms with Crippen LogP contribution in [0.25, 0.3) is 0 Å². The zero-order valence-corrected chi connectivity index (χ0v) is 9.36. The second-order valence-corrected chi connectivity index (χ2v) is 3.75. The van der Waals surface area contributed by atoms with Crippen molar-refractivity contribution in [2.24, 2.45) is 0 Å². The molecule has 0 unspecified atom stereocenters. The zero-order valence-electron chi connectivity index (χ0n) is 7.85. The van der Waals surface area contributed by atoms with Crippen molar-refractivity contribution in [1.82, 2.24) is 4.98 Å². The second-order valence-electron chi connectivity index (χ2n) is 2.93. The lowest BCUT2D eigenvalue weighted by Crippen LogP contribution is -2.25. The highest BCUT2D eigenvalue weighted by Crippen LogP contribution is 2.29. The first-order chi connectivity index (χ1) is 6.91. The first kappa shape index (κ1) is 12.3. The van der Waals surface area contributed by atoms with Gasteiger partial charge in [-0.2, -0.15) is 0 Å². The third-order valence-electron chi connectivity index (χ3n) is 1.71. The Morgan fingerprint density at radius 2 is 2.07 bits per heavy atom. The summed E-state index contributed by atoms with van der Waals surface area (Å²) in [4.78, 5) is 5.05. The van der Waals surface area contributed by atoms with Crippen LogP contribution < -0.4 is 10.6 Å². The van der Waals surface area contributed by atoms with Gasteiger partial charge in [0.15, 0.2) is 0 Å². The van der Waals surface area contributed by atoms with Gasteiger partial charge in [-0.05, 0) is 6.07 Å². The highest BCUT2D eigenvalue weighted by Gasteiger charge is 2.14. The van der Waals surface area contributed by atoms with E-state index in [0.29, 0.717) is 0 Å². The second kappa shape index (κ2) is 4.81. The summed E-state index contributed by atoms with van der Waals surface area (Å²) in [5.41, 5.74) is 5.44. The maximum Gasteiger partial charge on any atom is 0.255 e. The summed E-state index contributed by atoms with van der Waals surface area (Å²) < 4.78 is 24.2. The molecule has 84 valence electrons. The maximum absolute atomic E-state index is 12.1. The molecule has 0 aliphatic heterocycles. The molecule has 0 spiro atoms. The van der Waals surface area contributed by atoms with Gasteiger partial charge in [0.25, 0.3) is 6.43 Å². The van der Waals surface area contributed by atoms with Crippen molar-refractivity contribution in [3.05, 3.63) is 16.1 Å². The summed E-state index contributed by atoms with van der Waals surface area (Å²) in [6, 6.07) is 1.38. The quantitative estimate of drug-likeness (QED) is 0.903. The van der Waals surface area contributed by atoms with Crippen molar-refractivity contribution in [3.63, 3.8) is 0 Å². The van der Waals surface area contributed by atoms with Gasteiger partial charge in [0.2, 0.25) is 0 Å². The molecule has 0 radical (unpaired) electrons. The lowest BCUT2D eigenvalue weighted by molar-refractivity contribution is 0.156. The molecule has 0 aromatic carbocycles. The lowest BCUT2D eigenvalue weighted by atomic mass is 10.4. The molecule has 15 heavy (non-hydrogen) atoms. The highest BCUT2D eigenvalue weighted by atomic mass is 35.5. The summed E-state index contributed by atoms with van der Waals surface area (Å²) in [5.74, 6) is 0.260. The molecule has 0 amide bonds. The number of rotatable bonds is 3. The number of pyridine rings is 1. The molecule has 1 heterocycles. The molecule has 2 N–H and O–H groups in total. The summed E-state index contributed by atoms with van der Waals surface area (Å²) in [5, 5.41) is 0.395. The highest BCUT2D eigenvalue weighted by molar-refractivity contribution is 6.37. The van der Waals surface area contributed by atoms with Crippen LogP contribution in [0.15, 0.2) is 6.07 Å². The van der Waals surface area contributed by atoms with E-state index < -0.39 is 13.0 Å². The van der Waals surface area contributed by atoms with Crippen LogP contribution in [0.2, 0.25) is 10.0 Å². The Balaban J connectivity index is 2.98. The van der Waals surface area contributed by atoms with Gasteiger partial charge in [-0.3, -0.25) is 0 Å². The van der Waals surface area contributed by atoms with Crippen molar-refractivity contribution in [1.29, 1.82) is 0 Å². The Hall–Kier alpha value is -0.810. The predicted octanol–water partition coefficient (Wildman–Crippen LogP) is 2.67. The Bertz CT molecular complexity index is 360. The fraction of sp³-hybridized carbons (Fsp3) is 0.375. The summed E-state index contributed by atoms with van der Waals surface area (Å²) in [6.07, 6.45) is -2.47. The first-order valence-corrected chi connectivity index (χ1v) is 4.78. The van der Waals surface area contributed by atoms with Gasteiger partial charge in [0.1, 0.15) is 11.6 Å². The van der Waals surface area contributed by atoms with E-state index in [-0.39, 0.29) is 21.7 Å². The number of hydrogen-bond acceptors (Lipinski definition) is 3. The number of nitrogen functional groups attached to an aromatic ring is 1. The van der Waals surface area contributed by atoms with E-state index in [1.54, 1.807) is 0 Å². The van der Waals surface area contributed by atoms with Crippen molar-refractivity contribution in [2.45, 2.75) is 6.43 Å². The van der Waals surface area contributed by atoms with Crippen LogP contribution in [0.1, 0.15) is 0 Å². The van der Waals surface area contributed by atoms with Gasteiger partial charge in [-0.25, -0.2) is 13.8 Å². The van der Waals surface area contributed by atoms with Gasteiger partial charge in [-0.1, -0.05) is 23.2 Å². The number of halogens is 4. The van der Waals surface area contributed by atoms with Gasteiger partial charge in [-0.15, -0.1) is 0 Å². The number of nitrogens with zero attached hydrogens (tertiary/aromatic N) is 2. The molecule has 0 saturated heterocycles. The summed E-state index contributed by atoms with van der Waals surface area (Å²) in [6.45, 7) is -0.464. The standard InChI is InChI=1S/C8H9Cl2F2N3/c1-15(3-6(11)12)8-5(10)2-4(9)7(13)14-8/h2,6H,3H2,1H3,(H2,13,14). The monoisotopic (exact) mass is 255 g/mol. The number of anilines is 2. The molecule has 0 atom stereocenters. The minimum Gasteiger partial charge on any atom is -0.382 e. The fourth-order valence-electron chi connectivity index (χ4n) is 1.03. The predicted molar refractivity (Wildman–Crippen MR) is 57.9 cm³/mol. The number of hydrogen-bond donors (Lipinski definition) is 1. The van der Waals surface area contributed by atoms with E-state index in [4.69, 9.17) is 28.9 Å². The lowest BCUT2D eigenvalue weighted by Gasteiger charge is -2.19. The van der Waals surface area contributed by atoms with Crippen molar-refractivity contribution in [3.8, 4) is 0 Å². The van der Waals surface area contributed by atoms with Crippen LogP contribution in [0.3, 0.4) is 0 Å². The third kappa shape index (κ3) is 3.07. The van der Waals surface area contributed by atoms with Gasteiger partial charge in [0, 0.05) is 7.05 Å². The van der Waals surface area contributed by atoms with Crippen LogP contribution in [-0.4, -0.2) is 25.0 Å². The first-order valence-electron chi connectivity index (χ1n) is 4.02. The van der Waals surface area contributed by atoms with Crippen LogP contribution in [0, 0.1) is 0 Å². The molecular weight excluding hydrogens is 247 g/mol. The molecule has 3 nitrogen and oxygen atoms in total. The molecule has 0 bridgehead atoms. The molecule has 7 heteroatoms. The number of alkyl halides is 2. The maximum atomic E-state index is 12.1. The molecule has 0 saturated carbocycles. The molecule has 1 rings (SSSR count). The summed E-state index contributed by atoms with van der Waals surface area (Å²) in [7, 11) is 1.45. The smallest absolute Gasteiger partial charge is 0.255 e. The molecule has 1 aromatic rings. The van der Waals surface area contributed by atoms with Crippen LogP contribution >= 0.6 is 23.2 Å². The average Bonchev–Trinajstić information content (AvgIpc) is 2.09. The minimum atomic E-state index is -2.47. The zero-order chi connectivity index (χ0) is 11.6. The van der Waals surface area contributed by atoms with Crippen LogP contribution in [0.5, 0.6) is 0 Å². The van der Waals surface area contributed by atoms with Crippen molar-refractivity contribution in [2.75, 3.05) is 24.2 Å². The topological polar surface area (TPSA) is 42.2 Å². The van der Waals surface area contributed by atoms with Gasteiger partial charge in [0.05, 0.1) is 16.6 Å². The Kier molecular flexibility index (Phi) is 3.93. The SMILES string of the molecule is CN(CC(F)F)c1nc(N)c(Cl)cc1Cl. The van der Waals surface area contributed by atoms with Crippen LogP contribution in [-0.2, 0) is 0 Å². The van der Waals surface area contributed by atoms with E-state index in [0.717, 1.165) is 0 Å². The Morgan fingerprint density at radius 3 is 2.60 bits per heavy atom. The molecule has 0 fully saturated rings. The Morgan fingerprint density at radius 1 is 1.47 bits per heavy atom. The van der Waals surface area contributed by atoms with Gasteiger partial charge >= 0.3 is 0 Å². The average molecular weight is 256 g/mol. The number of nitrogens with two attached hydrogens (primary N) is 1. The van der Waals surface area contributed by atoms with E-state index >= 15 is 0 Å². The van der Waals surface area contributed by atoms with E-state index in [9.17, 15) is 8.78 Å². The summed E-state index contributed by atoms with van der Waals surface area (Å²) >= 11 is 11.4. The van der Waals surface area contributed by atoms with Crippen molar-refractivity contribution >= 4 is 34.8 Å². The van der Waals surface area contributed by atoms with E-state index in [1.165, 1.54) is 18.0 Å². The van der Waals surface area contributed by atoms with E-state index in [1.807, 2.05) is 0 Å². The third-order valence-corrected chi connectivity index (χ3v) is 2.29. The van der Waals surface area contributed by atoms with Crippen molar-refractivity contribution < 1.29 is 8.78 Å². The van der Waals surface area contributed by atoms with Gasteiger partial charge < -0.3 is 10.6 Å². The molecular formula is C8H9Cl2F2N3. The molecule has 1 aromatic heterocycles. The minimum absolute atomic E-state index is 0.0668. The molecule has 0 aliphatic rings. The fourth-order valence-corrected chi connectivity index (χ4v) is 1.53. The normalized spacial score (nSPS) is 10.8.